The Bertz CT molecular complexity index is 867. The molecule has 0 saturated carbocycles. The summed E-state index contributed by atoms with van der Waals surface area (Å²) in [6.07, 6.45) is 2.57. The fraction of sp³-hybridized carbons (Fsp3) is 0.143. The van der Waals surface area contributed by atoms with Crippen molar-refractivity contribution >= 4 is 64.2 Å². The third kappa shape index (κ3) is 2.77. The van der Waals surface area contributed by atoms with Crippen molar-refractivity contribution in [3.63, 3.8) is 0 Å². The number of nitrogens with zero attached hydrogens (tertiary/aromatic N) is 2. The van der Waals surface area contributed by atoms with Gasteiger partial charge in [-0.05, 0) is 0 Å². The van der Waals surface area contributed by atoms with Crippen molar-refractivity contribution in [2.45, 2.75) is 12.5 Å². The zero-order valence-corrected chi connectivity index (χ0v) is 15.0. The predicted molar refractivity (Wildman–Crippen MR) is 90.7 cm³/mol. The molecule has 2 N–H and O–H groups in total. The fourth-order valence-electron chi connectivity index (χ4n) is 2.54. The van der Waals surface area contributed by atoms with Crippen LogP contribution in [0.1, 0.15) is 26.4 Å². The van der Waals surface area contributed by atoms with Crippen LogP contribution in [0.15, 0.2) is 12.5 Å². The van der Waals surface area contributed by atoms with Gasteiger partial charge in [-0.1, -0.05) is 46.4 Å². The van der Waals surface area contributed by atoms with Crippen LogP contribution in [-0.2, 0) is 11.2 Å². The lowest BCUT2D eigenvalue weighted by molar-refractivity contribution is -0.141. The first-order chi connectivity index (χ1) is 11.8. The number of halogens is 4. The molecule has 1 aromatic heterocycles. The number of benzene rings is 1. The summed E-state index contributed by atoms with van der Waals surface area (Å²) in [5, 5.41) is 8.62. The van der Waals surface area contributed by atoms with Gasteiger partial charge in [0.05, 0.1) is 37.5 Å². The molecule has 2 heterocycles. The summed E-state index contributed by atoms with van der Waals surface area (Å²) in [5.41, 5.74) is -0.0962. The van der Waals surface area contributed by atoms with Crippen molar-refractivity contribution in [2.24, 2.45) is 0 Å². The number of fused-ring (bicyclic) bond motifs is 1. The highest BCUT2D eigenvalue weighted by molar-refractivity contribution is 6.55. The van der Waals surface area contributed by atoms with Crippen molar-refractivity contribution in [3.05, 3.63) is 49.4 Å². The maximum Gasteiger partial charge on any atom is 0.327 e. The summed E-state index contributed by atoms with van der Waals surface area (Å²) in [7, 11) is 0. The Morgan fingerprint density at radius 1 is 1.08 bits per heavy atom. The van der Waals surface area contributed by atoms with Crippen LogP contribution in [0.25, 0.3) is 0 Å². The van der Waals surface area contributed by atoms with Crippen LogP contribution in [-0.4, -0.2) is 43.8 Å². The van der Waals surface area contributed by atoms with Gasteiger partial charge in [-0.2, -0.15) is 0 Å². The van der Waals surface area contributed by atoms with E-state index in [0.717, 1.165) is 0 Å². The van der Waals surface area contributed by atoms with E-state index in [9.17, 15) is 19.5 Å². The minimum absolute atomic E-state index is 0.169. The van der Waals surface area contributed by atoms with Gasteiger partial charge in [0.1, 0.15) is 6.04 Å². The predicted octanol–water partition coefficient (Wildman–Crippen LogP) is 3.32. The van der Waals surface area contributed by atoms with Gasteiger partial charge in [-0.25, -0.2) is 9.78 Å². The molecule has 0 spiro atoms. The lowest BCUT2D eigenvalue weighted by atomic mass is 10.1. The zero-order valence-electron chi connectivity index (χ0n) is 12.0. The Labute approximate surface area is 160 Å². The molecule has 3 rings (SSSR count). The van der Waals surface area contributed by atoms with Crippen molar-refractivity contribution < 1.29 is 19.5 Å². The van der Waals surface area contributed by atoms with E-state index < -0.39 is 23.8 Å². The molecule has 0 fully saturated rings. The summed E-state index contributed by atoms with van der Waals surface area (Å²) < 4.78 is 0. The molecule has 0 aliphatic carbocycles. The quantitative estimate of drug-likeness (QED) is 0.446. The van der Waals surface area contributed by atoms with Gasteiger partial charge in [0.15, 0.2) is 0 Å². The molecule has 2 amide bonds. The van der Waals surface area contributed by atoms with Gasteiger partial charge in [-0.3, -0.25) is 14.5 Å². The van der Waals surface area contributed by atoms with Gasteiger partial charge in [0, 0.05) is 18.3 Å². The number of H-pyrrole nitrogens is 1. The highest BCUT2D eigenvalue weighted by atomic mass is 35.5. The van der Waals surface area contributed by atoms with Crippen LogP contribution in [0.2, 0.25) is 20.1 Å². The van der Waals surface area contributed by atoms with E-state index in [0.29, 0.717) is 10.6 Å². The van der Waals surface area contributed by atoms with Gasteiger partial charge >= 0.3 is 5.97 Å². The lowest BCUT2D eigenvalue weighted by Gasteiger charge is -2.21. The minimum atomic E-state index is -1.49. The van der Waals surface area contributed by atoms with Crippen LogP contribution in [0.4, 0.5) is 0 Å². The fourth-order valence-corrected chi connectivity index (χ4v) is 3.56. The molecule has 0 bridgehead atoms. The number of nitrogens with one attached hydrogen (secondary N) is 1. The first-order valence-corrected chi connectivity index (χ1v) is 8.20. The van der Waals surface area contributed by atoms with Gasteiger partial charge in [0.2, 0.25) is 0 Å². The molecule has 25 heavy (non-hydrogen) atoms. The number of aliphatic carboxylic acids is 1. The molecule has 1 aromatic carbocycles. The third-order valence-electron chi connectivity index (χ3n) is 3.70. The van der Waals surface area contributed by atoms with Gasteiger partial charge in [-0.15, -0.1) is 0 Å². The van der Waals surface area contributed by atoms with Crippen LogP contribution >= 0.6 is 46.4 Å². The van der Waals surface area contributed by atoms with E-state index in [1.54, 1.807) is 0 Å². The number of imidazole rings is 1. The van der Waals surface area contributed by atoms with Gasteiger partial charge in [0.25, 0.3) is 11.8 Å². The first-order valence-electron chi connectivity index (χ1n) is 6.69. The minimum Gasteiger partial charge on any atom is -0.480 e. The van der Waals surface area contributed by atoms with E-state index in [1.165, 1.54) is 12.5 Å². The maximum absolute atomic E-state index is 12.7. The number of rotatable bonds is 4. The van der Waals surface area contributed by atoms with E-state index in [2.05, 4.69) is 9.97 Å². The van der Waals surface area contributed by atoms with Crippen LogP contribution in [0, 0.1) is 0 Å². The summed E-state index contributed by atoms with van der Waals surface area (Å²) in [6, 6.07) is -1.49. The van der Waals surface area contributed by atoms with Gasteiger partial charge < -0.3 is 10.1 Å². The molecule has 7 nitrogen and oxygen atoms in total. The average Bonchev–Trinajstić information content (AvgIpc) is 3.15. The van der Waals surface area contributed by atoms with Crippen molar-refractivity contribution in [3.8, 4) is 0 Å². The Morgan fingerprint density at radius 2 is 1.60 bits per heavy atom. The number of aromatic amines is 1. The zero-order chi connectivity index (χ0) is 18.5. The summed E-state index contributed by atoms with van der Waals surface area (Å²) in [4.78, 5) is 44.1. The smallest absolute Gasteiger partial charge is 0.327 e. The second kappa shape index (κ2) is 6.49. The molecule has 2 aromatic rings. The lowest BCUT2D eigenvalue weighted by Crippen LogP contribution is -2.46. The van der Waals surface area contributed by atoms with E-state index >= 15 is 0 Å². The second-order valence-electron chi connectivity index (χ2n) is 5.12. The molecule has 0 radical (unpaired) electrons. The highest BCUT2D eigenvalue weighted by Crippen LogP contribution is 2.45. The maximum atomic E-state index is 12.7. The van der Waals surface area contributed by atoms with Crippen molar-refractivity contribution in [2.75, 3.05) is 0 Å². The monoisotopic (exact) mass is 421 g/mol. The number of imide groups is 1. The first kappa shape index (κ1) is 18.0. The van der Waals surface area contributed by atoms with Crippen molar-refractivity contribution in [1.82, 2.24) is 14.9 Å². The Morgan fingerprint density at radius 3 is 2.00 bits per heavy atom. The number of carboxylic acids is 1. The third-order valence-corrected chi connectivity index (χ3v) is 5.50. The molecule has 0 unspecified atom stereocenters. The molecule has 0 saturated heterocycles. The molecular formula is C14H7Cl4N3O4. The molecular weight excluding hydrogens is 416 g/mol. The standard InChI is InChI=1S/C14H7Cl4N3O4/c15-8-6-7(9(16)11(18)10(8)17)13(23)21(12(6)22)5(14(24)25)1-4-2-19-3-20-4/h2-3,5H,1H2,(H,19,20)(H,24,25)/t5-/m1/s1. The largest absolute Gasteiger partial charge is 0.480 e. The number of carbonyl (C=O) groups is 3. The Hall–Kier alpha value is -1.80. The van der Waals surface area contributed by atoms with E-state index in [-0.39, 0.29) is 37.6 Å². The van der Waals surface area contributed by atoms with Crippen LogP contribution < -0.4 is 0 Å². The number of amides is 2. The summed E-state index contributed by atoms with van der Waals surface area (Å²) in [6.45, 7) is 0. The van der Waals surface area contributed by atoms with Crippen LogP contribution in [0.3, 0.4) is 0 Å². The summed E-state index contributed by atoms with van der Waals surface area (Å²) in [5.74, 6) is -3.19. The molecule has 130 valence electrons. The number of hydrogen-bond acceptors (Lipinski definition) is 4. The molecule has 11 heteroatoms. The number of carbonyl (C=O) groups excluding carboxylic acids is 2. The highest BCUT2D eigenvalue weighted by Gasteiger charge is 2.46. The normalized spacial score (nSPS) is 14.8. The topological polar surface area (TPSA) is 103 Å². The molecule has 1 aliphatic heterocycles. The number of carboxylic acid groups (broad SMARTS) is 1. The van der Waals surface area contributed by atoms with E-state index in [1.807, 2.05) is 0 Å². The molecule has 1 aliphatic rings. The van der Waals surface area contributed by atoms with Crippen LogP contribution in [0.5, 0.6) is 0 Å². The SMILES string of the molecule is O=C(O)[C@@H](Cc1cnc[nH]1)N1C(=O)c2c(Cl)c(Cl)c(Cl)c(Cl)c2C1=O. The second-order valence-corrected chi connectivity index (χ2v) is 6.63. The summed E-state index contributed by atoms with van der Waals surface area (Å²) >= 11 is 23.9. The Balaban J connectivity index is 2.11. The molecule has 1 atom stereocenters. The number of aromatic nitrogens is 2. The Kier molecular flexibility index (Phi) is 4.68. The number of hydrogen-bond donors (Lipinski definition) is 2. The average molecular weight is 423 g/mol. The van der Waals surface area contributed by atoms with E-state index in [4.69, 9.17) is 46.4 Å². The van der Waals surface area contributed by atoms with Crippen molar-refractivity contribution in [1.29, 1.82) is 0 Å².